The summed E-state index contributed by atoms with van der Waals surface area (Å²) >= 11 is 0. The fraction of sp³-hybridized carbons (Fsp3) is 1.00. The van der Waals surface area contributed by atoms with Crippen LogP contribution in [0.4, 0.5) is 0 Å². The molecule has 3 rings (SSSR count). The molecule has 19 heavy (non-hydrogen) atoms. The van der Waals surface area contributed by atoms with Gasteiger partial charge in [-0.2, -0.15) is 0 Å². The second kappa shape index (κ2) is 5.71. The second-order valence-electron chi connectivity index (χ2n) is 6.94. The van der Waals surface area contributed by atoms with Crippen molar-refractivity contribution in [1.82, 2.24) is 15.1 Å². The third-order valence-electron chi connectivity index (χ3n) is 5.59. The molecule has 1 saturated carbocycles. The van der Waals surface area contributed by atoms with Crippen molar-refractivity contribution >= 4 is 0 Å². The topological polar surface area (TPSA) is 18.5 Å². The number of nitrogens with one attached hydrogen (secondary N) is 1. The molecule has 2 heterocycles. The lowest BCUT2D eigenvalue weighted by Gasteiger charge is -2.43. The van der Waals surface area contributed by atoms with Crippen LogP contribution in [0.2, 0.25) is 0 Å². The molecule has 3 nitrogen and oxygen atoms in total. The zero-order chi connectivity index (χ0) is 13.4. The maximum Gasteiger partial charge on any atom is 0.0242 e. The zero-order valence-corrected chi connectivity index (χ0v) is 12.9. The summed E-state index contributed by atoms with van der Waals surface area (Å²) in [5, 5.41) is 3.73. The van der Waals surface area contributed by atoms with Gasteiger partial charge >= 0.3 is 0 Å². The molecule has 3 heteroatoms. The molecule has 0 aromatic carbocycles. The van der Waals surface area contributed by atoms with Crippen LogP contribution < -0.4 is 5.32 Å². The zero-order valence-electron chi connectivity index (χ0n) is 12.9. The Morgan fingerprint density at radius 1 is 1.00 bits per heavy atom. The van der Waals surface area contributed by atoms with Crippen LogP contribution in [0, 0.1) is 0 Å². The smallest absolute Gasteiger partial charge is 0.0242 e. The monoisotopic (exact) mass is 265 g/mol. The number of nitrogens with zero attached hydrogens (tertiary/aromatic N) is 2. The van der Waals surface area contributed by atoms with Gasteiger partial charge in [-0.1, -0.05) is 13.8 Å². The molecule has 2 aliphatic heterocycles. The Bertz CT molecular complexity index is 302. The SMILES string of the molecule is CCC1CN(C2CC(C)N(C3CC3)C2)C(CC)CN1. The molecular weight excluding hydrogens is 234 g/mol. The molecule has 0 amide bonds. The highest BCUT2D eigenvalue weighted by molar-refractivity contribution is 4.99. The van der Waals surface area contributed by atoms with Crippen molar-refractivity contribution in [2.75, 3.05) is 19.6 Å². The van der Waals surface area contributed by atoms with Gasteiger partial charge in [0.1, 0.15) is 0 Å². The summed E-state index contributed by atoms with van der Waals surface area (Å²) in [4.78, 5) is 5.64. The van der Waals surface area contributed by atoms with Crippen LogP contribution in [0.15, 0.2) is 0 Å². The first kappa shape index (κ1) is 13.8. The minimum Gasteiger partial charge on any atom is -0.311 e. The van der Waals surface area contributed by atoms with E-state index in [-0.39, 0.29) is 0 Å². The van der Waals surface area contributed by atoms with E-state index in [2.05, 4.69) is 35.9 Å². The van der Waals surface area contributed by atoms with Crippen molar-refractivity contribution in [1.29, 1.82) is 0 Å². The summed E-state index contributed by atoms with van der Waals surface area (Å²) in [5.41, 5.74) is 0. The Morgan fingerprint density at radius 3 is 2.42 bits per heavy atom. The lowest BCUT2D eigenvalue weighted by Crippen LogP contribution is -2.59. The molecule has 0 radical (unpaired) electrons. The molecule has 1 N–H and O–H groups in total. The molecule has 0 spiro atoms. The Hall–Kier alpha value is -0.120. The minimum absolute atomic E-state index is 0.716. The predicted molar refractivity (Wildman–Crippen MR) is 80.5 cm³/mol. The van der Waals surface area contributed by atoms with Gasteiger partial charge in [-0.25, -0.2) is 0 Å². The molecule has 2 saturated heterocycles. The van der Waals surface area contributed by atoms with Crippen molar-refractivity contribution in [3.8, 4) is 0 Å². The highest BCUT2D eigenvalue weighted by atomic mass is 15.3. The van der Waals surface area contributed by atoms with Crippen LogP contribution in [0.3, 0.4) is 0 Å². The number of rotatable bonds is 4. The van der Waals surface area contributed by atoms with Gasteiger partial charge in [0, 0.05) is 49.8 Å². The molecule has 3 fully saturated rings. The summed E-state index contributed by atoms with van der Waals surface area (Å²) in [5.74, 6) is 0. The van der Waals surface area contributed by atoms with Gasteiger partial charge in [0.05, 0.1) is 0 Å². The highest BCUT2D eigenvalue weighted by Crippen LogP contribution is 2.35. The highest BCUT2D eigenvalue weighted by Gasteiger charge is 2.42. The van der Waals surface area contributed by atoms with Gasteiger partial charge in [0.2, 0.25) is 0 Å². The van der Waals surface area contributed by atoms with Gasteiger partial charge in [-0.3, -0.25) is 9.80 Å². The largest absolute Gasteiger partial charge is 0.311 e. The third kappa shape index (κ3) is 2.84. The average molecular weight is 265 g/mol. The number of hydrogen-bond acceptors (Lipinski definition) is 3. The Labute approximate surface area is 118 Å². The minimum atomic E-state index is 0.716. The molecule has 110 valence electrons. The molecule has 0 aromatic heterocycles. The van der Waals surface area contributed by atoms with E-state index in [1.165, 1.54) is 51.7 Å². The predicted octanol–water partition coefficient (Wildman–Crippen LogP) is 2.07. The summed E-state index contributed by atoms with van der Waals surface area (Å²) in [7, 11) is 0. The lowest BCUT2D eigenvalue weighted by atomic mass is 10.0. The lowest BCUT2D eigenvalue weighted by molar-refractivity contribution is 0.0796. The van der Waals surface area contributed by atoms with Gasteiger partial charge in [-0.15, -0.1) is 0 Å². The van der Waals surface area contributed by atoms with E-state index < -0.39 is 0 Å². The van der Waals surface area contributed by atoms with E-state index in [9.17, 15) is 0 Å². The second-order valence-corrected chi connectivity index (χ2v) is 6.94. The molecule has 0 bridgehead atoms. The maximum absolute atomic E-state index is 3.73. The normalized spacial score (nSPS) is 41.8. The quantitative estimate of drug-likeness (QED) is 0.839. The number of likely N-dealkylation sites (tertiary alicyclic amines) is 1. The van der Waals surface area contributed by atoms with Crippen molar-refractivity contribution in [2.45, 2.75) is 83.1 Å². The summed E-state index contributed by atoms with van der Waals surface area (Å²) in [6.45, 7) is 10.9. The van der Waals surface area contributed by atoms with E-state index in [1.54, 1.807) is 0 Å². The van der Waals surface area contributed by atoms with Crippen LogP contribution in [0.5, 0.6) is 0 Å². The first-order valence-electron chi connectivity index (χ1n) is 8.47. The van der Waals surface area contributed by atoms with E-state index in [0.717, 1.165) is 24.2 Å². The molecular formula is C16H31N3. The van der Waals surface area contributed by atoms with Crippen LogP contribution in [0.1, 0.15) is 52.9 Å². The van der Waals surface area contributed by atoms with Crippen LogP contribution in [-0.2, 0) is 0 Å². The van der Waals surface area contributed by atoms with Gasteiger partial charge in [-0.05, 0) is 39.0 Å². The molecule has 1 aliphatic carbocycles. The molecule has 4 unspecified atom stereocenters. The first-order valence-corrected chi connectivity index (χ1v) is 8.47. The fourth-order valence-corrected chi connectivity index (χ4v) is 4.17. The molecule has 4 atom stereocenters. The van der Waals surface area contributed by atoms with Crippen molar-refractivity contribution in [2.24, 2.45) is 0 Å². The fourth-order valence-electron chi connectivity index (χ4n) is 4.17. The van der Waals surface area contributed by atoms with Crippen molar-refractivity contribution in [3.05, 3.63) is 0 Å². The summed E-state index contributed by atoms with van der Waals surface area (Å²) in [6, 6.07) is 4.04. The van der Waals surface area contributed by atoms with E-state index in [1.807, 2.05) is 0 Å². The van der Waals surface area contributed by atoms with Crippen LogP contribution in [-0.4, -0.2) is 59.6 Å². The Balaban J connectivity index is 1.65. The van der Waals surface area contributed by atoms with Crippen LogP contribution in [0.25, 0.3) is 0 Å². The van der Waals surface area contributed by atoms with E-state index >= 15 is 0 Å². The third-order valence-corrected chi connectivity index (χ3v) is 5.59. The average Bonchev–Trinajstić information content (AvgIpc) is 3.21. The number of hydrogen-bond donors (Lipinski definition) is 1. The summed E-state index contributed by atoms with van der Waals surface area (Å²) < 4.78 is 0. The summed E-state index contributed by atoms with van der Waals surface area (Å²) in [6.07, 6.45) is 6.85. The van der Waals surface area contributed by atoms with E-state index in [0.29, 0.717) is 6.04 Å². The van der Waals surface area contributed by atoms with Gasteiger partial charge in [0.15, 0.2) is 0 Å². The van der Waals surface area contributed by atoms with Crippen LogP contribution >= 0.6 is 0 Å². The molecule has 0 aromatic rings. The standard InChI is InChI=1S/C16H31N3/c1-4-13-10-19(14(5-2)9-17-13)16-8-12(3)18(11-16)15-6-7-15/h12-17H,4-11H2,1-3H3. The number of piperazine rings is 1. The van der Waals surface area contributed by atoms with E-state index in [4.69, 9.17) is 0 Å². The first-order chi connectivity index (χ1) is 9.22. The van der Waals surface area contributed by atoms with Gasteiger partial charge in [0.25, 0.3) is 0 Å². The van der Waals surface area contributed by atoms with Crippen molar-refractivity contribution < 1.29 is 0 Å². The van der Waals surface area contributed by atoms with Gasteiger partial charge < -0.3 is 5.32 Å². The Kier molecular flexibility index (Phi) is 4.16. The van der Waals surface area contributed by atoms with Crippen molar-refractivity contribution in [3.63, 3.8) is 0 Å². The molecule has 3 aliphatic rings. The Morgan fingerprint density at radius 2 is 1.79 bits per heavy atom. The maximum atomic E-state index is 3.73.